The molecule has 0 radical (unpaired) electrons. The molecule has 6 heteroatoms. The number of hydrogen-bond acceptors (Lipinski definition) is 3. The quantitative estimate of drug-likeness (QED) is 0.690. The van der Waals surface area contributed by atoms with Gasteiger partial charge in [-0.3, -0.25) is 4.79 Å². The molecule has 3 aromatic rings. The summed E-state index contributed by atoms with van der Waals surface area (Å²) >= 11 is 0. The van der Waals surface area contributed by atoms with Crippen LogP contribution < -0.4 is 5.32 Å². The summed E-state index contributed by atoms with van der Waals surface area (Å²) in [6, 6.07) is 20.0. The molecule has 2 heterocycles. The van der Waals surface area contributed by atoms with Crippen LogP contribution in [0.1, 0.15) is 23.2 Å². The van der Waals surface area contributed by atoms with E-state index in [4.69, 9.17) is 0 Å². The number of carbonyl (C=O) groups excluding carboxylic acids is 1. The highest BCUT2D eigenvalue weighted by Crippen LogP contribution is 2.24. The molecule has 1 saturated heterocycles. The van der Waals surface area contributed by atoms with E-state index in [1.165, 1.54) is 6.42 Å². The summed E-state index contributed by atoms with van der Waals surface area (Å²) in [5.74, 6) is 0.637. The molecule has 1 aliphatic rings. The molecule has 1 N–H and O–H groups in total. The molecular weight excluding hydrogens is 384 g/mol. The van der Waals surface area contributed by atoms with Crippen molar-refractivity contribution in [2.24, 2.45) is 5.92 Å². The molecular formula is C23H27ClN4O. The van der Waals surface area contributed by atoms with E-state index >= 15 is 0 Å². The Bertz CT molecular complexity index is 939. The number of piperidine rings is 1. The zero-order valence-corrected chi connectivity index (χ0v) is 17.4. The Morgan fingerprint density at radius 1 is 1.14 bits per heavy atom. The molecule has 1 fully saturated rings. The minimum absolute atomic E-state index is 0. The van der Waals surface area contributed by atoms with Crippen molar-refractivity contribution in [1.82, 2.24) is 20.0 Å². The molecule has 1 unspecified atom stereocenters. The SMILES string of the molecule is CNCC1CCCN(C(=O)c2cccc(-n3nccc3-c3ccccc3)c2)C1.Cl. The smallest absolute Gasteiger partial charge is 0.253 e. The Hall–Kier alpha value is -2.63. The maximum Gasteiger partial charge on any atom is 0.253 e. The zero-order valence-electron chi connectivity index (χ0n) is 16.6. The number of nitrogens with one attached hydrogen (secondary N) is 1. The highest BCUT2D eigenvalue weighted by molar-refractivity contribution is 5.95. The molecule has 29 heavy (non-hydrogen) atoms. The molecule has 1 aliphatic heterocycles. The Morgan fingerprint density at radius 2 is 1.97 bits per heavy atom. The highest BCUT2D eigenvalue weighted by Gasteiger charge is 2.24. The highest BCUT2D eigenvalue weighted by atomic mass is 35.5. The predicted octanol–water partition coefficient (Wildman–Crippen LogP) is 4.03. The van der Waals surface area contributed by atoms with Crippen LogP contribution in [-0.4, -0.2) is 47.3 Å². The van der Waals surface area contributed by atoms with E-state index < -0.39 is 0 Å². The Morgan fingerprint density at radius 3 is 2.76 bits per heavy atom. The van der Waals surface area contributed by atoms with E-state index in [0.717, 1.165) is 48.6 Å². The van der Waals surface area contributed by atoms with Gasteiger partial charge < -0.3 is 10.2 Å². The summed E-state index contributed by atoms with van der Waals surface area (Å²) in [5, 5.41) is 7.73. The van der Waals surface area contributed by atoms with Crippen LogP contribution in [-0.2, 0) is 0 Å². The number of hydrogen-bond donors (Lipinski definition) is 1. The number of aromatic nitrogens is 2. The van der Waals surface area contributed by atoms with E-state index in [1.54, 1.807) is 6.20 Å². The number of likely N-dealkylation sites (tertiary alicyclic amines) is 1. The second-order valence-corrected chi connectivity index (χ2v) is 7.36. The van der Waals surface area contributed by atoms with Gasteiger partial charge in [0.25, 0.3) is 5.91 Å². The van der Waals surface area contributed by atoms with Gasteiger partial charge in [0.1, 0.15) is 0 Å². The molecule has 2 aromatic carbocycles. The van der Waals surface area contributed by atoms with Crippen molar-refractivity contribution < 1.29 is 4.79 Å². The lowest BCUT2D eigenvalue weighted by Crippen LogP contribution is -2.42. The third kappa shape index (κ3) is 4.69. The van der Waals surface area contributed by atoms with Crippen molar-refractivity contribution in [3.8, 4) is 16.9 Å². The lowest BCUT2D eigenvalue weighted by Gasteiger charge is -2.32. The van der Waals surface area contributed by atoms with Crippen LogP contribution in [0, 0.1) is 5.92 Å². The molecule has 152 valence electrons. The second kappa shape index (κ2) is 9.72. The van der Waals surface area contributed by atoms with Crippen LogP contribution in [0.15, 0.2) is 66.9 Å². The number of benzene rings is 2. The molecule has 1 aromatic heterocycles. The van der Waals surface area contributed by atoms with Gasteiger partial charge in [-0.05, 0) is 56.6 Å². The van der Waals surface area contributed by atoms with Crippen LogP contribution in [0.5, 0.6) is 0 Å². The van der Waals surface area contributed by atoms with Crippen LogP contribution in [0.3, 0.4) is 0 Å². The van der Waals surface area contributed by atoms with Crippen molar-refractivity contribution in [3.63, 3.8) is 0 Å². The van der Waals surface area contributed by atoms with Gasteiger partial charge in [-0.25, -0.2) is 4.68 Å². The van der Waals surface area contributed by atoms with Gasteiger partial charge in [0.2, 0.25) is 0 Å². The third-order valence-electron chi connectivity index (χ3n) is 5.35. The van der Waals surface area contributed by atoms with Crippen LogP contribution >= 0.6 is 12.4 Å². The van der Waals surface area contributed by atoms with Crippen molar-refractivity contribution in [2.45, 2.75) is 12.8 Å². The van der Waals surface area contributed by atoms with Gasteiger partial charge in [-0.15, -0.1) is 12.4 Å². The maximum absolute atomic E-state index is 13.1. The number of carbonyl (C=O) groups is 1. The molecule has 1 atom stereocenters. The van der Waals surface area contributed by atoms with Gasteiger partial charge >= 0.3 is 0 Å². The fourth-order valence-corrected chi connectivity index (χ4v) is 3.99. The second-order valence-electron chi connectivity index (χ2n) is 7.36. The fourth-order valence-electron chi connectivity index (χ4n) is 3.99. The Kier molecular flexibility index (Phi) is 7.07. The van der Waals surface area contributed by atoms with E-state index in [1.807, 2.05) is 65.2 Å². The summed E-state index contributed by atoms with van der Waals surface area (Å²) in [4.78, 5) is 15.1. The largest absolute Gasteiger partial charge is 0.338 e. The predicted molar refractivity (Wildman–Crippen MR) is 119 cm³/mol. The third-order valence-corrected chi connectivity index (χ3v) is 5.35. The summed E-state index contributed by atoms with van der Waals surface area (Å²) in [6.07, 6.45) is 4.04. The summed E-state index contributed by atoms with van der Waals surface area (Å²) in [6.45, 7) is 2.61. The van der Waals surface area contributed by atoms with E-state index in [0.29, 0.717) is 5.92 Å². The molecule has 1 amide bonds. The number of nitrogens with zero attached hydrogens (tertiary/aromatic N) is 3. The van der Waals surface area contributed by atoms with Crippen molar-refractivity contribution in [2.75, 3.05) is 26.7 Å². The van der Waals surface area contributed by atoms with Gasteiger partial charge in [-0.1, -0.05) is 36.4 Å². The van der Waals surface area contributed by atoms with Gasteiger partial charge in [0.05, 0.1) is 17.6 Å². The average molecular weight is 411 g/mol. The van der Waals surface area contributed by atoms with E-state index in [9.17, 15) is 4.79 Å². The minimum Gasteiger partial charge on any atom is -0.338 e. The number of amides is 1. The van der Waals surface area contributed by atoms with Gasteiger partial charge in [0.15, 0.2) is 0 Å². The first-order valence-electron chi connectivity index (χ1n) is 9.90. The van der Waals surface area contributed by atoms with Crippen molar-refractivity contribution in [1.29, 1.82) is 0 Å². The first-order chi connectivity index (χ1) is 13.8. The summed E-state index contributed by atoms with van der Waals surface area (Å²) in [7, 11) is 1.97. The van der Waals surface area contributed by atoms with Gasteiger partial charge in [-0.2, -0.15) is 5.10 Å². The van der Waals surface area contributed by atoms with E-state index in [-0.39, 0.29) is 18.3 Å². The normalized spacial score (nSPS) is 16.3. The first-order valence-corrected chi connectivity index (χ1v) is 9.90. The molecule has 5 nitrogen and oxygen atoms in total. The molecule has 0 bridgehead atoms. The lowest BCUT2D eigenvalue weighted by molar-refractivity contribution is 0.0674. The standard InChI is InChI=1S/C23H26N4O.ClH/c1-24-16-18-7-6-14-26(17-18)23(28)20-10-5-11-21(15-20)27-22(12-13-25-27)19-8-3-2-4-9-19;/h2-5,8-13,15,18,24H,6-7,14,16-17H2,1H3;1H. The summed E-state index contributed by atoms with van der Waals surface area (Å²) in [5.41, 5.74) is 3.73. The Balaban J connectivity index is 0.00000240. The van der Waals surface area contributed by atoms with Gasteiger partial charge in [0, 0.05) is 24.2 Å². The Labute approximate surface area is 178 Å². The summed E-state index contributed by atoms with van der Waals surface area (Å²) < 4.78 is 1.89. The molecule has 4 rings (SSSR count). The maximum atomic E-state index is 13.1. The molecule has 0 saturated carbocycles. The topological polar surface area (TPSA) is 50.2 Å². The molecule has 0 spiro atoms. The fraction of sp³-hybridized carbons (Fsp3) is 0.304. The van der Waals surface area contributed by atoms with Crippen LogP contribution in [0.4, 0.5) is 0 Å². The first kappa shape index (κ1) is 21.1. The number of halogens is 1. The zero-order chi connectivity index (χ0) is 19.3. The van der Waals surface area contributed by atoms with E-state index in [2.05, 4.69) is 22.5 Å². The van der Waals surface area contributed by atoms with Crippen molar-refractivity contribution in [3.05, 3.63) is 72.4 Å². The monoisotopic (exact) mass is 410 g/mol. The lowest BCUT2D eigenvalue weighted by atomic mass is 9.97. The van der Waals surface area contributed by atoms with Crippen LogP contribution in [0.2, 0.25) is 0 Å². The van der Waals surface area contributed by atoms with Crippen molar-refractivity contribution >= 4 is 18.3 Å². The minimum atomic E-state index is 0. The van der Waals surface area contributed by atoms with Crippen LogP contribution in [0.25, 0.3) is 16.9 Å². The number of rotatable bonds is 5. The average Bonchev–Trinajstić information content (AvgIpc) is 3.24. The molecule has 0 aliphatic carbocycles.